The predicted octanol–water partition coefficient (Wildman–Crippen LogP) is -0.240. The molecule has 0 unspecified atom stereocenters. The van der Waals surface area contributed by atoms with Crippen molar-refractivity contribution in [1.29, 1.82) is 0 Å². The van der Waals surface area contributed by atoms with Crippen LogP contribution in [-0.4, -0.2) is 22.5 Å². The summed E-state index contributed by atoms with van der Waals surface area (Å²) in [4.78, 5) is 22.2. The number of aldehydes is 1. The molecule has 0 atom stereocenters. The molecule has 13 heavy (non-hydrogen) atoms. The number of oxime groups is 1. The highest BCUT2D eigenvalue weighted by atomic mass is 16.6. The molecule has 1 rings (SSSR count). The van der Waals surface area contributed by atoms with Crippen LogP contribution in [0.2, 0.25) is 0 Å². The highest BCUT2D eigenvalue weighted by Crippen LogP contribution is 1.97. The van der Waals surface area contributed by atoms with E-state index >= 15 is 0 Å². The third-order valence-electron chi connectivity index (χ3n) is 1.12. The van der Waals surface area contributed by atoms with Crippen molar-refractivity contribution in [3.63, 3.8) is 0 Å². The Morgan fingerprint density at radius 2 is 2.54 bits per heavy atom. The van der Waals surface area contributed by atoms with Gasteiger partial charge in [0.1, 0.15) is 12.0 Å². The number of carbonyl (C=O) groups is 1. The predicted molar refractivity (Wildman–Crippen MR) is 45.8 cm³/mol. The fourth-order valence-electron chi connectivity index (χ4n) is 0.647. The van der Waals surface area contributed by atoms with Gasteiger partial charge in [0.25, 0.3) is 0 Å². The molecule has 0 aliphatic heterocycles. The van der Waals surface area contributed by atoms with Crippen LogP contribution in [0.5, 0.6) is 0 Å². The van der Waals surface area contributed by atoms with Crippen LogP contribution in [0.1, 0.15) is 5.82 Å². The number of nitrogens with two attached hydrogens (primary N) is 1. The van der Waals surface area contributed by atoms with E-state index in [4.69, 9.17) is 5.73 Å². The summed E-state index contributed by atoms with van der Waals surface area (Å²) in [6.07, 6.45) is 3.02. The Hall–Kier alpha value is -1.98. The minimum absolute atomic E-state index is 0.0926. The van der Waals surface area contributed by atoms with E-state index in [1.807, 2.05) is 0 Å². The third-order valence-corrected chi connectivity index (χ3v) is 1.12. The summed E-state index contributed by atoms with van der Waals surface area (Å²) in [6.45, 7) is 0.0926. The second-order valence-electron chi connectivity index (χ2n) is 2.06. The lowest BCUT2D eigenvalue weighted by atomic mass is 10.5. The zero-order valence-electron chi connectivity index (χ0n) is 6.75. The molecule has 0 aliphatic carbocycles. The first-order chi connectivity index (χ1) is 6.33. The van der Waals surface area contributed by atoms with Crippen LogP contribution in [0.3, 0.4) is 0 Å². The molecule has 0 aromatic carbocycles. The van der Waals surface area contributed by atoms with E-state index in [0.717, 1.165) is 6.21 Å². The molecule has 0 amide bonds. The maximum atomic E-state index is 9.79. The van der Waals surface area contributed by atoms with Crippen LogP contribution in [0.15, 0.2) is 17.4 Å². The molecular weight excluding hydrogens is 172 g/mol. The van der Waals surface area contributed by atoms with Gasteiger partial charge in [0.2, 0.25) is 0 Å². The number of rotatable bonds is 4. The molecule has 0 saturated carbocycles. The lowest BCUT2D eigenvalue weighted by molar-refractivity contribution is -0.102. The maximum absolute atomic E-state index is 9.79. The second-order valence-corrected chi connectivity index (χ2v) is 2.06. The smallest absolute Gasteiger partial charge is 0.176 e. The van der Waals surface area contributed by atoms with Gasteiger partial charge in [-0.2, -0.15) is 0 Å². The number of aromatic nitrogens is 2. The average Bonchev–Trinajstić information content (AvgIpc) is 2.13. The van der Waals surface area contributed by atoms with Gasteiger partial charge in [-0.25, -0.2) is 9.97 Å². The summed E-state index contributed by atoms with van der Waals surface area (Å²) >= 11 is 0. The average molecular weight is 180 g/mol. The Morgan fingerprint density at radius 3 is 3.23 bits per heavy atom. The van der Waals surface area contributed by atoms with Gasteiger partial charge in [-0.15, -0.1) is 0 Å². The minimum atomic E-state index is 0.0926. The van der Waals surface area contributed by atoms with Gasteiger partial charge in [0.15, 0.2) is 18.7 Å². The van der Waals surface area contributed by atoms with Crippen molar-refractivity contribution in [2.75, 3.05) is 5.73 Å². The number of nitrogen functional groups attached to an aromatic ring is 1. The summed E-state index contributed by atoms with van der Waals surface area (Å²) in [7, 11) is 0. The number of hydrogen-bond donors (Lipinski definition) is 1. The molecule has 6 heteroatoms. The van der Waals surface area contributed by atoms with Crippen molar-refractivity contribution in [2.24, 2.45) is 5.16 Å². The van der Waals surface area contributed by atoms with Crippen molar-refractivity contribution in [3.05, 3.63) is 18.1 Å². The van der Waals surface area contributed by atoms with E-state index in [9.17, 15) is 4.79 Å². The van der Waals surface area contributed by atoms with E-state index in [-0.39, 0.29) is 6.61 Å². The monoisotopic (exact) mass is 180 g/mol. The van der Waals surface area contributed by atoms with Crippen LogP contribution in [0, 0.1) is 0 Å². The third kappa shape index (κ3) is 3.28. The Kier molecular flexibility index (Phi) is 3.37. The van der Waals surface area contributed by atoms with Gasteiger partial charge in [-0.05, 0) is 6.07 Å². The van der Waals surface area contributed by atoms with Gasteiger partial charge >= 0.3 is 0 Å². The summed E-state index contributed by atoms with van der Waals surface area (Å²) in [5, 5.41) is 3.30. The summed E-state index contributed by atoms with van der Waals surface area (Å²) in [5.41, 5.74) is 5.39. The molecule has 0 saturated heterocycles. The van der Waals surface area contributed by atoms with Crippen molar-refractivity contribution in [2.45, 2.75) is 6.61 Å². The number of anilines is 1. The molecule has 1 aromatic heterocycles. The van der Waals surface area contributed by atoms with Gasteiger partial charge in [-0.1, -0.05) is 5.16 Å². The fourth-order valence-corrected chi connectivity index (χ4v) is 0.647. The lowest BCUT2D eigenvalue weighted by Crippen LogP contribution is -1.99. The fraction of sp³-hybridized carbons (Fsp3) is 0.143. The molecule has 0 bridgehead atoms. The van der Waals surface area contributed by atoms with Crippen LogP contribution < -0.4 is 5.73 Å². The molecule has 0 radical (unpaired) electrons. The molecule has 6 nitrogen and oxygen atoms in total. The first-order valence-corrected chi connectivity index (χ1v) is 3.49. The van der Waals surface area contributed by atoms with Crippen LogP contribution in [0.4, 0.5) is 5.82 Å². The van der Waals surface area contributed by atoms with Crippen LogP contribution >= 0.6 is 0 Å². The van der Waals surface area contributed by atoms with Gasteiger partial charge in [0.05, 0.1) is 0 Å². The zero-order valence-corrected chi connectivity index (χ0v) is 6.75. The van der Waals surface area contributed by atoms with Crippen molar-refractivity contribution in [1.82, 2.24) is 9.97 Å². The lowest BCUT2D eigenvalue weighted by Gasteiger charge is -1.97. The first-order valence-electron chi connectivity index (χ1n) is 3.49. The molecule has 0 fully saturated rings. The Bertz CT molecular complexity index is 313. The molecule has 68 valence electrons. The van der Waals surface area contributed by atoms with E-state index in [2.05, 4.69) is 20.0 Å². The SMILES string of the molecule is Nc1ccnc(CON=CC=O)n1. The molecule has 2 N–H and O–H groups in total. The zero-order chi connectivity index (χ0) is 9.52. The maximum Gasteiger partial charge on any atom is 0.176 e. The molecule has 1 heterocycles. The normalized spacial score (nSPS) is 10.2. The number of hydrogen-bond acceptors (Lipinski definition) is 6. The van der Waals surface area contributed by atoms with Crippen molar-refractivity contribution < 1.29 is 9.63 Å². The standard InChI is InChI=1S/C7H8N4O2/c8-6-1-2-9-7(11-6)5-13-10-3-4-12/h1-4H,5H2,(H2,8,9,11). The van der Waals surface area contributed by atoms with E-state index in [0.29, 0.717) is 17.9 Å². The van der Waals surface area contributed by atoms with Gasteiger partial charge in [0, 0.05) is 6.20 Å². The molecule has 0 spiro atoms. The minimum Gasteiger partial charge on any atom is -0.387 e. The number of nitrogens with zero attached hydrogens (tertiary/aromatic N) is 3. The molecule has 1 aromatic rings. The topological polar surface area (TPSA) is 90.5 Å². The van der Waals surface area contributed by atoms with Crippen LogP contribution in [0.25, 0.3) is 0 Å². The Morgan fingerprint density at radius 1 is 1.69 bits per heavy atom. The second kappa shape index (κ2) is 4.81. The van der Waals surface area contributed by atoms with Crippen molar-refractivity contribution >= 4 is 18.3 Å². The largest absolute Gasteiger partial charge is 0.387 e. The Balaban J connectivity index is 2.45. The quantitative estimate of drug-likeness (QED) is 0.392. The van der Waals surface area contributed by atoms with Crippen LogP contribution in [-0.2, 0) is 16.2 Å². The van der Waals surface area contributed by atoms with E-state index < -0.39 is 0 Å². The summed E-state index contributed by atoms with van der Waals surface area (Å²) in [6, 6.07) is 1.57. The Labute approximate surface area is 74.4 Å². The van der Waals surface area contributed by atoms with Crippen molar-refractivity contribution in [3.8, 4) is 0 Å². The highest BCUT2D eigenvalue weighted by Gasteiger charge is 1.95. The highest BCUT2D eigenvalue weighted by molar-refractivity contribution is 6.12. The molecular formula is C7H8N4O2. The molecule has 0 aliphatic rings. The van der Waals surface area contributed by atoms with E-state index in [1.54, 1.807) is 6.07 Å². The van der Waals surface area contributed by atoms with Gasteiger partial charge in [-0.3, -0.25) is 4.79 Å². The first kappa shape index (κ1) is 9.11. The number of carbonyl (C=O) groups excluding carboxylic acids is 1. The van der Waals surface area contributed by atoms with Gasteiger partial charge < -0.3 is 10.6 Å². The van der Waals surface area contributed by atoms with E-state index in [1.165, 1.54) is 6.20 Å². The summed E-state index contributed by atoms with van der Waals surface area (Å²) < 4.78 is 0. The summed E-state index contributed by atoms with van der Waals surface area (Å²) in [5.74, 6) is 0.788.